The number of nitrogens with zero attached hydrogens (tertiary/aromatic N) is 1. The molecular weight excluding hydrogens is 332 g/mol. The summed E-state index contributed by atoms with van der Waals surface area (Å²) >= 11 is 0. The second-order valence-electron chi connectivity index (χ2n) is 6.35. The van der Waals surface area contributed by atoms with E-state index >= 15 is 0 Å². The number of aryl methyl sites for hydroxylation is 1. The summed E-state index contributed by atoms with van der Waals surface area (Å²) in [6.07, 6.45) is 1.19. The molecule has 1 aliphatic rings. The van der Waals surface area contributed by atoms with Gasteiger partial charge in [-0.15, -0.1) is 0 Å². The molecule has 26 heavy (non-hydrogen) atoms. The molecule has 0 saturated carbocycles. The molecule has 2 amide bonds. The molecule has 0 aromatic heterocycles. The molecule has 1 aliphatic heterocycles. The number of carboxylic acids is 1. The van der Waals surface area contributed by atoms with Gasteiger partial charge in [-0.2, -0.15) is 0 Å². The minimum atomic E-state index is -1.08. The smallest absolute Gasteiger partial charge is 0.326 e. The van der Waals surface area contributed by atoms with Crippen LogP contribution in [0.5, 0.6) is 0 Å². The maximum atomic E-state index is 12.5. The molecule has 134 valence electrons. The van der Waals surface area contributed by atoms with E-state index in [1.165, 1.54) is 0 Å². The number of hydrogen-bond acceptors (Lipinski definition) is 3. The molecule has 6 nitrogen and oxygen atoms in total. The molecule has 1 heterocycles. The molecule has 2 aromatic carbocycles. The highest BCUT2D eigenvalue weighted by Crippen LogP contribution is 2.27. The van der Waals surface area contributed by atoms with Crippen molar-refractivity contribution in [1.82, 2.24) is 5.32 Å². The average Bonchev–Trinajstić information content (AvgIpc) is 2.64. The highest BCUT2D eigenvalue weighted by molar-refractivity contribution is 6.00. The van der Waals surface area contributed by atoms with E-state index < -0.39 is 17.9 Å². The Morgan fingerprint density at radius 1 is 1.15 bits per heavy atom. The Balaban J connectivity index is 1.76. The molecule has 0 spiro atoms. The summed E-state index contributed by atoms with van der Waals surface area (Å²) in [5.74, 6) is -1.47. The summed E-state index contributed by atoms with van der Waals surface area (Å²) < 4.78 is 0. The van der Waals surface area contributed by atoms with Crippen LogP contribution in [0.15, 0.2) is 48.5 Å². The number of rotatable bonds is 5. The molecule has 0 aliphatic carbocycles. The Kier molecular flexibility index (Phi) is 5.02. The Morgan fingerprint density at radius 3 is 2.58 bits per heavy atom. The number of carboxylic acid groups (broad SMARTS) is 1. The van der Waals surface area contributed by atoms with Gasteiger partial charge in [-0.05, 0) is 35.7 Å². The first-order chi connectivity index (χ1) is 12.5. The summed E-state index contributed by atoms with van der Waals surface area (Å²) in [5.41, 5.74) is 2.93. The van der Waals surface area contributed by atoms with Gasteiger partial charge in [0.05, 0.1) is 0 Å². The van der Waals surface area contributed by atoms with Gasteiger partial charge in [-0.25, -0.2) is 4.79 Å². The molecule has 3 rings (SSSR count). The predicted molar refractivity (Wildman–Crippen MR) is 97.2 cm³/mol. The Hall–Kier alpha value is -3.15. The van der Waals surface area contributed by atoms with Crippen LogP contribution in [0.1, 0.15) is 27.9 Å². The zero-order valence-electron chi connectivity index (χ0n) is 14.4. The Morgan fingerprint density at radius 2 is 1.88 bits per heavy atom. The lowest BCUT2D eigenvalue weighted by Crippen LogP contribution is -2.42. The number of nitrogens with one attached hydrogen (secondary N) is 1. The van der Waals surface area contributed by atoms with Crippen molar-refractivity contribution in [3.05, 3.63) is 65.2 Å². The monoisotopic (exact) mass is 352 g/mol. The van der Waals surface area contributed by atoms with E-state index in [1.54, 1.807) is 30.1 Å². The second kappa shape index (κ2) is 7.39. The molecule has 1 unspecified atom stereocenters. The number of amides is 2. The van der Waals surface area contributed by atoms with E-state index in [4.69, 9.17) is 0 Å². The lowest BCUT2D eigenvalue weighted by atomic mass is 9.98. The molecule has 0 saturated heterocycles. The number of anilines is 1. The van der Waals surface area contributed by atoms with Crippen molar-refractivity contribution < 1.29 is 19.5 Å². The van der Waals surface area contributed by atoms with Crippen LogP contribution in [0, 0.1) is 0 Å². The fourth-order valence-corrected chi connectivity index (χ4v) is 3.09. The first-order valence-corrected chi connectivity index (χ1v) is 8.43. The quantitative estimate of drug-likeness (QED) is 0.862. The summed E-state index contributed by atoms with van der Waals surface area (Å²) in [5, 5.41) is 12.0. The van der Waals surface area contributed by atoms with E-state index in [1.807, 2.05) is 30.3 Å². The van der Waals surface area contributed by atoms with Crippen molar-refractivity contribution in [3.63, 3.8) is 0 Å². The van der Waals surface area contributed by atoms with Crippen LogP contribution in [0.4, 0.5) is 5.69 Å². The van der Waals surface area contributed by atoms with Gasteiger partial charge in [-0.3, -0.25) is 9.59 Å². The van der Waals surface area contributed by atoms with Crippen LogP contribution in [0.2, 0.25) is 0 Å². The van der Waals surface area contributed by atoms with Gasteiger partial charge in [0.15, 0.2) is 0 Å². The maximum absolute atomic E-state index is 12.5. The molecular formula is C20H20N2O4. The van der Waals surface area contributed by atoms with E-state index in [0.717, 1.165) is 16.8 Å². The maximum Gasteiger partial charge on any atom is 0.326 e. The highest BCUT2D eigenvalue weighted by atomic mass is 16.4. The van der Waals surface area contributed by atoms with Crippen LogP contribution in [-0.4, -0.2) is 36.0 Å². The van der Waals surface area contributed by atoms with Crippen LogP contribution in [0.3, 0.4) is 0 Å². The number of hydrogen-bond donors (Lipinski definition) is 2. The topological polar surface area (TPSA) is 86.7 Å². The normalized spacial score (nSPS) is 14.5. The van der Waals surface area contributed by atoms with Gasteiger partial charge in [0, 0.05) is 31.1 Å². The molecule has 2 aromatic rings. The number of carbonyl (C=O) groups excluding carboxylic acids is 2. The summed E-state index contributed by atoms with van der Waals surface area (Å²) in [6, 6.07) is 13.2. The largest absolute Gasteiger partial charge is 0.480 e. The molecule has 0 bridgehead atoms. The van der Waals surface area contributed by atoms with Crippen molar-refractivity contribution in [2.24, 2.45) is 0 Å². The zero-order chi connectivity index (χ0) is 18.7. The van der Waals surface area contributed by atoms with E-state index in [2.05, 4.69) is 5.32 Å². The van der Waals surface area contributed by atoms with Crippen LogP contribution < -0.4 is 10.2 Å². The second-order valence-corrected chi connectivity index (χ2v) is 6.35. The van der Waals surface area contributed by atoms with Crippen molar-refractivity contribution in [2.45, 2.75) is 25.3 Å². The fourth-order valence-electron chi connectivity index (χ4n) is 3.09. The average molecular weight is 352 g/mol. The Bertz CT molecular complexity index is 848. The lowest BCUT2D eigenvalue weighted by molar-refractivity contribution is -0.139. The van der Waals surface area contributed by atoms with Crippen LogP contribution >= 0.6 is 0 Å². The molecule has 0 fully saturated rings. The first kappa shape index (κ1) is 17.7. The number of benzene rings is 2. The SMILES string of the molecule is CN1C(=O)CCc2cc(C(=O)NC(Cc3ccccc3)C(=O)O)ccc21. The highest BCUT2D eigenvalue weighted by Gasteiger charge is 2.24. The summed E-state index contributed by atoms with van der Waals surface area (Å²) in [4.78, 5) is 37.4. The zero-order valence-corrected chi connectivity index (χ0v) is 14.4. The predicted octanol–water partition coefficient (Wildman–Crippen LogP) is 2.02. The van der Waals surface area contributed by atoms with Crippen LogP contribution in [0.25, 0.3) is 0 Å². The molecule has 6 heteroatoms. The number of carbonyl (C=O) groups is 3. The standard InChI is InChI=1S/C20H20N2O4/c1-22-17-9-7-15(12-14(17)8-10-18(22)23)19(24)21-16(20(25)26)11-13-5-3-2-4-6-13/h2-7,9,12,16H,8,10-11H2,1H3,(H,21,24)(H,25,26). The number of aliphatic carboxylic acids is 1. The van der Waals surface area contributed by atoms with E-state index in [9.17, 15) is 19.5 Å². The van der Waals surface area contributed by atoms with Gasteiger partial charge >= 0.3 is 5.97 Å². The van der Waals surface area contributed by atoms with Gasteiger partial charge in [-0.1, -0.05) is 30.3 Å². The van der Waals surface area contributed by atoms with Gasteiger partial charge in [0.1, 0.15) is 6.04 Å². The molecule has 0 radical (unpaired) electrons. The van der Waals surface area contributed by atoms with Crippen molar-refractivity contribution >= 4 is 23.5 Å². The first-order valence-electron chi connectivity index (χ1n) is 8.43. The third-order valence-electron chi connectivity index (χ3n) is 4.57. The third-order valence-corrected chi connectivity index (χ3v) is 4.57. The van der Waals surface area contributed by atoms with E-state index in [-0.39, 0.29) is 12.3 Å². The fraction of sp³-hybridized carbons (Fsp3) is 0.250. The third kappa shape index (κ3) is 3.74. The minimum Gasteiger partial charge on any atom is -0.480 e. The Labute approximate surface area is 151 Å². The van der Waals surface area contributed by atoms with Crippen molar-refractivity contribution in [1.29, 1.82) is 0 Å². The number of fused-ring (bicyclic) bond motifs is 1. The van der Waals surface area contributed by atoms with Crippen molar-refractivity contribution in [3.8, 4) is 0 Å². The van der Waals surface area contributed by atoms with Gasteiger partial charge in [0.25, 0.3) is 5.91 Å². The lowest BCUT2D eigenvalue weighted by Gasteiger charge is -2.26. The van der Waals surface area contributed by atoms with Crippen molar-refractivity contribution in [2.75, 3.05) is 11.9 Å². The summed E-state index contributed by atoms with van der Waals surface area (Å²) in [6.45, 7) is 0. The van der Waals surface area contributed by atoms with Gasteiger partial charge in [0.2, 0.25) is 5.91 Å². The van der Waals surface area contributed by atoms with Crippen LogP contribution in [-0.2, 0) is 22.4 Å². The molecule has 2 N–H and O–H groups in total. The minimum absolute atomic E-state index is 0.0449. The van der Waals surface area contributed by atoms with E-state index in [0.29, 0.717) is 18.4 Å². The molecule has 1 atom stereocenters. The van der Waals surface area contributed by atoms with Gasteiger partial charge < -0.3 is 15.3 Å². The summed E-state index contributed by atoms with van der Waals surface area (Å²) in [7, 11) is 1.71.